The molecule has 4 aromatic rings. The first-order chi connectivity index (χ1) is 18.3. The number of nitrogens with one attached hydrogen (secondary N) is 1. The van der Waals surface area contributed by atoms with Crippen LogP contribution in [0.25, 0.3) is 0 Å². The highest BCUT2D eigenvalue weighted by molar-refractivity contribution is 5.92. The minimum atomic E-state index is -0.972. The summed E-state index contributed by atoms with van der Waals surface area (Å²) in [5.74, 6) is -1.37. The molecule has 0 fully saturated rings. The van der Waals surface area contributed by atoms with E-state index in [-0.39, 0.29) is 11.6 Å². The number of carboxylic acid groups (broad SMARTS) is 1. The van der Waals surface area contributed by atoms with E-state index in [2.05, 4.69) is 30.9 Å². The Morgan fingerprint density at radius 2 is 1.89 bits per heavy atom. The number of aromatic nitrogens is 5. The lowest BCUT2D eigenvalue weighted by molar-refractivity contribution is 0.0694. The van der Waals surface area contributed by atoms with Gasteiger partial charge >= 0.3 is 5.97 Å². The molecule has 0 spiro atoms. The van der Waals surface area contributed by atoms with Crippen molar-refractivity contribution in [1.82, 2.24) is 29.8 Å². The van der Waals surface area contributed by atoms with E-state index in [1.807, 2.05) is 36.7 Å². The van der Waals surface area contributed by atoms with E-state index in [9.17, 15) is 9.59 Å². The third-order valence-corrected chi connectivity index (χ3v) is 6.57. The van der Waals surface area contributed by atoms with E-state index in [1.165, 1.54) is 11.9 Å². The number of amides is 1. The topological polar surface area (TPSA) is 151 Å². The molecule has 1 aliphatic rings. The first kappa shape index (κ1) is 26.6. The molecule has 0 saturated heterocycles. The summed E-state index contributed by atoms with van der Waals surface area (Å²) in [7, 11) is 0. The molecular weight excluding hydrogens is 482 g/mol. The summed E-state index contributed by atoms with van der Waals surface area (Å²) in [4.78, 5) is 44.1. The number of nitrogens with two attached hydrogens (primary N) is 1. The number of imidazole rings is 1. The van der Waals surface area contributed by atoms with Gasteiger partial charge in [-0.05, 0) is 62.4 Å². The molecule has 3 heterocycles. The summed E-state index contributed by atoms with van der Waals surface area (Å²) < 4.78 is 0. The van der Waals surface area contributed by atoms with Gasteiger partial charge in [0.05, 0.1) is 29.5 Å². The molecule has 4 N–H and O–H groups in total. The quantitative estimate of drug-likeness (QED) is 0.338. The number of carbonyl (C=O) groups is 2. The van der Waals surface area contributed by atoms with Crippen molar-refractivity contribution in [2.24, 2.45) is 5.73 Å². The number of aromatic carboxylic acids is 1. The molecule has 0 saturated carbocycles. The van der Waals surface area contributed by atoms with Gasteiger partial charge in [-0.2, -0.15) is 0 Å². The second kappa shape index (κ2) is 12.2. The van der Waals surface area contributed by atoms with Crippen LogP contribution in [0.4, 0.5) is 0 Å². The van der Waals surface area contributed by atoms with Crippen molar-refractivity contribution >= 4 is 11.9 Å². The largest absolute Gasteiger partial charge is 0.478 e. The molecule has 1 atom stereocenters. The summed E-state index contributed by atoms with van der Waals surface area (Å²) in [6.45, 7) is 4.75. The number of rotatable bonds is 7. The molecule has 1 aliphatic carbocycles. The van der Waals surface area contributed by atoms with E-state index in [1.54, 1.807) is 26.2 Å². The van der Waals surface area contributed by atoms with Crippen molar-refractivity contribution in [1.29, 1.82) is 0 Å². The molecule has 0 radical (unpaired) electrons. The number of carboxylic acids is 1. The molecule has 10 heteroatoms. The monoisotopic (exact) mass is 513 g/mol. The number of hydrogen-bond donors (Lipinski definition) is 3. The van der Waals surface area contributed by atoms with Gasteiger partial charge in [0.15, 0.2) is 0 Å². The Morgan fingerprint density at radius 3 is 2.55 bits per heavy atom. The normalized spacial score (nSPS) is 14.3. The molecule has 196 valence electrons. The van der Waals surface area contributed by atoms with Gasteiger partial charge in [0.1, 0.15) is 11.9 Å². The van der Waals surface area contributed by atoms with Crippen LogP contribution in [0.15, 0.2) is 61.4 Å². The second-order valence-corrected chi connectivity index (χ2v) is 9.23. The van der Waals surface area contributed by atoms with Crippen molar-refractivity contribution in [2.75, 3.05) is 0 Å². The molecule has 0 aliphatic heterocycles. The van der Waals surface area contributed by atoms with Crippen molar-refractivity contribution < 1.29 is 14.7 Å². The van der Waals surface area contributed by atoms with Crippen LogP contribution < -0.4 is 5.73 Å². The van der Waals surface area contributed by atoms with Crippen LogP contribution in [0.3, 0.4) is 0 Å². The fraction of sp³-hybridized carbons (Fsp3) is 0.286. The van der Waals surface area contributed by atoms with Crippen LogP contribution >= 0.6 is 0 Å². The van der Waals surface area contributed by atoms with Gasteiger partial charge in [0, 0.05) is 36.7 Å². The number of nitrogens with zero attached hydrogens (tertiary/aromatic N) is 5. The molecule has 1 aromatic carbocycles. The van der Waals surface area contributed by atoms with E-state index >= 15 is 0 Å². The van der Waals surface area contributed by atoms with Gasteiger partial charge in [-0.3, -0.25) is 14.7 Å². The molecule has 10 nitrogen and oxygen atoms in total. The molecule has 1 amide bonds. The summed E-state index contributed by atoms with van der Waals surface area (Å²) >= 11 is 0. The molecule has 0 bridgehead atoms. The van der Waals surface area contributed by atoms with Gasteiger partial charge in [-0.15, -0.1) is 0 Å². The van der Waals surface area contributed by atoms with Gasteiger partial charge in [-0.1, -0.05) is 18.2 Å². The average molecular weight is 514 g/mol. The van der Waals surface area contributed by atoms with Crippen molar-refractivity contribution in [3.05, 3.63) is 106 Å². The van der Waals surface area contributed by atoms with Crippen LogP contribution in [0.1, 0.15) is 73.5 Å². The zero-order valence-electron chi connectivity index (χ0n) is 21.5. The van der Waals surface area contributed by atoms with Crippen molar-refractivity contribution in [3.63, 3.8) is 0 Å². The van der Waals surface area contributed by atoms with Gasteiger partial charge in [0.25, 0.3) is 0 Å². The van der Waals surface area contributed by atoms with E-state index in [0.29, 0.717) is 23.5 Å². The van der Waals surface area contributed by atoms with Crippen LogP contribution in [-0.2, 0) is 19.5 Å². The maximum absolute atomic E-state index is 11.5. The molecular formula is C28H31N7O3. The third-order valence-electron chi connectivity index (χ3n) is 6.57. The summed E-state index contributed by atoms with van der Waals surface area (Å²) in [5.41, 5.74) is 11.8. The minimum Gasteiger partial charge on any atom is -0.478 e. The van der Waals surface area contributed by atoms with E-state index in [4.69, 9.17) is 15.8 Å². The summed E-state index contributed by atoms with van der Waals surface area (Å²) in [5, 5.41) is 8.67. The Kier molecular flexibility index (Phi) is 8.55. The summed E-state index contributed by atoms with van der Waals surface area (Å²) in [6.07, 6.45) is 10.1. The van der Waals surface area contributed by atoms with Crippen LogP contribution in [0, 0.1) is 13.8 Å². The Morgan fingerprint density at radius 1 is 1.11 bits per heavy atom. The first-order valence-corrected chi connectivity index (χ1v) is 12.4. The van der Waals surface area contributed by atoms with Gasteiger partial charge in [0.2, 0.25) is 5.91 Å². The number of benzene rings is 1. The van der Waals surface area contributed by atoms with E-state index < -0.39 is 11.9 Å². The second-order valence-electron chi connectivity index (χ2n) is 9.23. The lowest BCUT2D eigenvalue weighted by Gasteiger charge is -2.35. The Bertz CT molecular complexity index is 1390. The fourth-order valence-corrected chi connectivity index (χ4v) is 4.77. The minimum absolute atomic E-state index is 0.201. The molecule has 3 aromatic heterocycles. The molecule has 1 unspecified atom stereocenters. The highest BCUT2D eigenvalue weighted by Crippen LogP contribution is 2.34. The zero-order chi connectivity index (χ0) is 27.1. The summed E-state index contributed by atoms with van der Waals surface area (Å²) in [6, 6.07) is 12.0. The smallest absolute Gasteiger partial charge is 0.339 e. The number of aromatic amines is 1. The first-order valence-electron chi connectivity index (χ1n) is 12.4. The number of H-pyrrole nitrogens is 1. The fourth-order valence-electron chi connectivity index (χ4n) is 4.77. The van der Waals surface area contributed by atoms with Gasteiger partial charge < -0.3 is 15.8 Å². The lowest BCUT2D eigenvalue weighted by atomic mass is 9.90. The number of fused-ring (bicyclic) bond motifs is 1. The van der Waals surface area contributed by atoms with Crippen LogP contribution in [0.2, 0.25) is 0 Å². The number of primary amides is 1. The standard InChI is InChI=1S/C21H23N5O.C7H8N2O2/c22-21(27)17-6-1-4-15(10-17)12-26(13-18-11-23-14-25-18)19-8-2-5-16-7-3-9-24-20(16)19;1-4-6(7(10)11)5(2)9-3-8-4/h1,3-4,6-7,9-11,14,19H,2,5,8,12-13H2,(H2,22,27)(H,23,25);3H,1-2H3,(H,10,11). The lowest BCUT2D eigenvalue weighted by Crippen LogP contribution is -2.31. The number of pyridine rings is 1. The number of hydrogen-bond acceptors (Lipinski definition) is 7. The maximum atomic E-state index is 11.5. The SMILES string of the molecule is Cc1ncnc(C)c1C(=O)O.NC(=O)c1cccc(CN(Cc2cnc[nH]2)C2CCCc3cccnc32)c1. The highest BCUT2D eigenvalue weighted by Gasteiger charge is 2.27. The molecule has 38 heavy (non-hydrogen) atoms. The predicted octanol–water partition coefficient (Wildman–Crippen LogP) is 3.78. The molecule has 5 rings (SSSR count). The highest BCUT2D eigenvalue weighted by atomic mass is 16.4. The maximum Gasteiger partial charge on any atom is 0.339 e. The number of carbonyl (C=O) groups excluding carboxylic acids is 1. The van der Waals surface area contributed by atoms with Crippen LogP contribution in [-0.4, -0.2) is 46.8 Å². The zero-order valence-corrected chi connectivity index (χ0v) is 21.5. The van der Waals surface area contributed by atoms with Crippen molar-refractivity contribution in [3.8, 4) is 0 Å². The number of aryl methyl sites for hydroxylation is 3. The van der Waals surface area contributed by atoms with Gasteiger partial charge in [-0.25, -0.2) is 19.7 Å². The van der Waals surface area contributed by atoms with Crippen LogP contribution in [0.5, 0.6) is 0 Å². The third kappa shape index (κ3) is 6.46. The Hall–Kier alpha value is -4.44. The Balaban J connectivity index is 0.000000257. The Labute approximate surface area is 221 Å². The predicted molar refractivity (Wildman–Crippen MR) is 141 cm³/mol. The van der Waals surface area contributed by atoms with Crippen molar-refractivity contribution in [2.45, 2.75) is 52.2 Å². The van der Waals surface area contributed by atoms with E-state index in [0.717, 1.165) is 42.8 Å². The average Bonchev–Trinajstić information content (AvgIpc) is 3.41.